The molecule has 0 atom stereocenters. The highest BCUT2D eigenvalue weighted by atomic mass is 16.4. The minimum atomic E-state index is -1.37. The molecule has 0 amide bonds. The van der Waals surface area contributed by atoms with Gasteiger partial charge in [0, 0.05) is 5.39 Å². The number of rotatable bonds is 1. The molecule has 0 saturated carbocycles. The summed E-state index contributed by atoms with van der Waals surface area (Å²) < 4.78 is 4.64. The van der Waals surface area contributed by atoms with Crippen LogP contribution in [0.2, 0.25) is 0 Å². The molecule has 76 valence electrons. The molecular formula is C10H5O5-. The van der Waals surface area contributed by atoms with Crippen molar-refractivity contribution in [3.8, 4) is 5.75 Å². The molecular weight excluding hydrogens is 200 g/mol. The van der Waals surface area contributed by atoms with E-state index in [-0.39, 0.29) is 5.58 Å². The second-order valence-electron chi connectivity index (χ2n) is 2.93. The van der Waals surface area contributed by atoms with Crippen LogP contribution < -0.4 is 10.7 Å². The van der Waals surface area contributed by atoms with Crippen LogP contribution in [0.4, 0.5) is 0 Å². The van der Waals surface area contributed by atoms with Gasteiger partial charge in [-0.2, -0.15) is 0 Å². The predicted molar refractivity (Wildman–Crippen MR) is 48.9 cm³/mol. The molecule has 5 nitrogen and oxygen atoms in total. The van der Waals surface area contributed by atoms with E-state index in [2.05, 4.69) is 4.42 Å². The Morgan fingerprint density at radius 2 is 2.13 bits per heavy atom. The summed E-state index contributed by atoms with van der Waals surface area (Å²) in [6.07, 6.45) is 0. The van der Waals surface area contributed by atoms with E-state index < -0.39 is 22.9 Å². The molecule has 2 aromatic rings. The van der Waals surface area contributed by atoms with Gasteiger partial charge in [-0.15, -0.1) is 0 Å². The van der Waals surface area contributed by atoms with Crippen molar-refractivity contribution in [1.29, 1.82) is 0 Å². The van der Waals surface area contributed by atoms with Crippen LogP contribution >= 0.6 is 0 Å². The maximum absolute atomic E-state index is 11.2. The Hall–Kier alpha value is -2.30. The fourth-order valence-electron chi connectivity index (χ4n) is 1.27. The maximum Gasteiger partial charge on any atom is 0.350 e. The molecule has 5 heteroatoms. The molecule has 0 saturated heterocycles. The molecule has 1 heterocycles. The van der Waals surface area contributed by atoms with Crippen molar-refractivity contribution in [3.63, 3.8) is 0 Å². The summed E-state index contributed by atoms with van der Waals surface area (Å²) in [7, 11) is 0. The van der Waals surface area contributed by atoms with E-state index in [0.717, 1.165) is 6.07 Å². The first-order valence-corrected chi connectivity index (χ1v) is 4.07. The van der Waals surface area contributed by atoms with Gasteiger partial charge in [-0.1, -0.05) is 23.9 Å². The molecule has 0 unspecified atom stereocenters. The lowest BCUT2D eigenvalue weighted by Gasteiger charge is -2.07. The molecule has 1 N–H and O–H groups in total. The molecule has 0 spiro atoms. The van der Waals surface area contributed by atoms with E-state index in [1.54, 1.807) is 0 Å². The predicted octanol–water partition coefficient (Wildman–Crippen LogP) is 0.565. The smallest absolute Gasteiger partial charge is 0.350 e. The first-order valence-electron chi connectivity index (χ1n) is 4.07. The summed E-state index contributed by atoms with van der Waals surface area (Å²) in [6, 6.07) is 5.35. The number of fused-ring (bicyclic) bond motifs is 1. The summed E-state index contributed by atoms with van der Waals surface area (Å²) in [4.78, 5) is 21.8. The van der Waals surface area contributed by atoms with Crippen LogP contribution in [0.15, 0.2) is 33.5 Å². The minimum Gasteiger partial charge on any atom is -0.870 e. The van der Waals surface area contributed by atoms with E-state index in [4.69, 9.17) is 5.11 Å². The van der Waals surface area contributed by atoms with Crippen LogP contribution in [0.25, 0.3) is 11.0 Å². The zero-order valence-corrected chi connectivity index (χ0v) is 7.39. The van der Waals surface area contributed by atoms with Gasteiger partial charge in [-0.25, -0.2) is 9.59 Å². The molecule has 15 heavy (non-hydrogen) atoms. The van der Waals surface area contributed by atoms with E-state index >= 15 is 0 Å². The molecule has 2 rings (SSSR count). The molecule has 0 aliphatic heterocycles. The second-order valence-corrected chi connectivity index (χ2v) is 2.93. The molecule has 1 aromatic carbocycles. The van der Waals surface area contributed by atoms with Crippen molar-refractivity contribution in [2.75, 3.05) is 0 Å². The Morgan fingerprint density at radius 3 is 2.80 bits per heavy atom. The molecule has 0 bridgehead atoms. The maximum atomic E-state index is 11.2. The van der Waals surface area contributed by atoms with Gasteiger partial charge in [-0.3, -0.25) is 0 Å². The van der Waals surface area contributed by atoms with Gasteiger partial charge in [0.05, 0.1) is 0 Å². The van der Waals surface area contributed by atoms with E-state index in [1.165, 1.54) is 18.2 Å². The van der Waals surface area contributed by atoms with Crippen LogP contribution in [0, 0.1) is 0 Å². The lowest BCUT2D eigenvalue weighted by molar-refractivity contribution is -0.266. The number of aromatic carboxylic acids is 1. The van der Waals surface area contributed by atoms with Crippen LogP contribution in [-0.2, 0) is 0 Å². The molecule has 0 aliphatic rings. The summed E-state index contributed by atoms with van der Waals surface area (Å²) in [5, 5.41) is 20.2. The summed E-state index contributed by atoms with van der Waals surface area (Å²) in [5.74, 6) is -1.82. The van der Waals surface area contributed by atoms with Crippen molar-refractivity contribution in [2.45, 2.75) is 0 Å². The Labute approximate surface area is 83.2 Å². The van der Waals surface area contributed by atoms with Gasteiger partial charge >= 0.3 is 11.6 Å². The largest absolute Gasteiger partial charge is 0.870 e. The standard InChI is InChI=1S/C10H6O5/c11-7-3-1-2-5-4-6(9(12)13)10(14)15-8(5)7/h1-4,11H,(H,12,13)/p-1. The number of carbonyl (C=O) groups is 1. The Balaban J connectivity index is 2.88. The first kappa shape index (κ1) is 9.26. The monoisotopic (exact) mass is 205 g/mol. The highest BCUT2D eigenvalue weighted by molar-refractivity contribution is 5.92. The van der Waals surface area contributed by atoms with Crippen LogP contribution in [0.3, 0.4) is 0 Å². The van der Waals surface area contributed by atoms with Crippen LogP contribution in [0.5, 0.6) is 5.75 Å². The third-order valence-electron chi connectivity index (χ3n) is 1.95. The highest BCUT2D eigenvalue weighted by Crippen LogP contribution is 2.20. The first-order chi connectivity index (χ1) is 7.09. The molecule has 0 aliphatic carbocycles. The van der Waals surface area contributed by atoms with Gasteiger partial charge in [0.25, 0.3) is 0 Å². The Bertz CT molecular complexity index is 596. The van der Waals surface area contributed by atoms with Crippen molar-refractivity contribution in [2.24, 2.45) is 0 Å². The highest BCUT2D eigenvalue weighted by Gasteiger charge is 2.11. The number of carboxylic acid groups (broad SMARTS) is 1. The quantitative estimate of drug-likeness (QED) is 0.687. The molecule has 0 radical (unpaired) electrons. The lowest BCUT2D eigenvalue weighted by Crippen LogP contribution is -2.13. The van der Waals surface area contributed by atoms with E-state index in [1.807, 2.05) is 0 Å². The van der Waals surface area contributed by atoms with Crippen molar-refractivity contribution >= 4 is 16.9 Å². The van der Waals surface area contributed by atoms with Crippen LogP contribution in [0.1, 0.15) is 10.4 Å². The fourth-order valence-corrected chi connectivity index (χ4v) is 1.27. The average molecular weight is 205 g/mol. The lowest BCUT2D eigenvalue weighted by atomic mass is 10.2. The van der Waals surface area contributed by atoms with E-state index in [9.17, 15) is 14.7 Å². The summed E-state index contributed by atoms with van der Waals surface area (Å²) in [6.45, 7) is 0. The number of benzene rings is 1. The van der Waals surface area contributed by atoms with Crippen LogP contribution in [-0.4, -0.2) is 11.1 Å². The second kappa shape index (κ2) is 3.13. The van der Waals surface area contributed by atoms with E-state index in [0.29, 0.717) is 5.39 Å². The SMILES string of the molecule is O=C(O)c1cc2cccc([O-])c2oc1=O. The third kappa shape index (κ3) is 1.43. The Kier molecular flexibility index (Phi) is 1.93. The van der Waals surface area contributed by atoms with Gasteiger partial charge in [0.2, 0.25) is 0 Å². The normalized spacial score (nSPS) is 10.4. The molecule has 1 aromatic heterocycles. The van der Waals surface area contributed by atoms with Gasteiger partial charge in [-0.05, 0) is 6.07 Å². The minimum absolute atomic E-state index is 0.118. The third-order valence-corrected chi connectivity index (χ3v) is 1.95. The summed E-state index contributed by atoms with van der Waals surface area (Å²) >= 11 is 0. The van der Waals surface area contributed by atoms with Gasteiger partial charge < -0.3 is 14.6 Å². The Morgan fingerprint density at radius 1 is 1.40 bits per heavy atom. The number of para-hydroxylation sites is 1. The van der Waals surface area contributed by atoms with Gasteiger partial charge in [0.1, 0.15) is 11.1 Å². The number of carboxylic acids is 1. The van der Waals surface area contributed by atoms with Crippen molar-refractivity contribution in [1.82, 2.24) is 0 Å². The zero-order chi connectivity index (χ0) is 11.0. The number of hydrogen-bond acceptors (Lipinski definition) is 4. The fraction of sp³-hybridized carbons (Fsp3) is 0. The molecule has 0 fully saturated rings. The zero-order valence-electron chi connectivity index (χ0n) is 7.39. The number of hydrogen-bond donors (Lipinski definition) is 1. The average Bonchev–Trinajstić information content (AvgIpc) is 2.18. The van der Waals surface area contributed by atoms with Gasteiger partial charge in [0.15, 0.2) is 0 Å². The topological polar surface area (TPSA) is 90.6 Å². The summed E-state index contributed by atoms with van der Waals surface area (Å²) in [5.41, 5.74) is -1.61. The van der Waals surface area contributed by atoms with Crippen molar-refractivity contribution in [3.05, 3.63) is 40.2 Å². The van der Waals surface area contributed by atoms with Crippen molar-refractivity contribution < 1.29 is 19.4 Å².